The standard InChI is InChI=1S/C19H22ClO4P.Li.H/c1-4-23-10-11-24-14-8-9-17(13(2)12-14)25-19(21)18-15(20)6-5-7-16(18)22-3;;/h5-9,12,25H,4,10-11H2,1-3H3;;/q;+1;-1. The molecule has 0 saturated heterocycles. The van der Waals surface area contributed by atoms with Gasteiger partial charge in [-0.25, -0.2) is 0 Å². The second kappa shape index (κ2) is 11.6. The number of methoxy groups -OCH3 is 1. The van der Waals surface area contributed by atoms with Crippen molar-refractivity contribution in [1.29, 1.82) is 0 Å². The van der Waals surface area contributed by atoms with Crippen LogP contribution in [0.5, 0.6) is 11.5 Å². The molecule has 0 aliphatic carbocycles. The Morgan fingerprint density at radius 3 is 2.65 bits per heavy atom. The van der Waals surface area contributed by atoms with Crippen LogP contribution in [0.25, 0.3) is 0 Å². The number of carbonyl (C=O) groups is 1. The zero-order valence-electron chi connectivity index (χ0n) is 16.6. The molecule has 2 aromatic rings. The van der Waals surface area contributed by atoms with Crippen molar-refractivity contribution < 1.29 is 39.3 Å². The van der Waals surface area contributed by atoms with Crippen LogP contribution in [-0.4, -0.2) is 32.5 Å². The van der Waals surface area contributed by atoms with Gasteiger partial charge in [0.25, 0.3) is 0 Å². The van der Waals surface area contributed by atoms with E-state index in [1.165, 1.54) is 7.11 Å². The largest absolute Gasteiger partial charge is 1.00 e. The average Bonchev–Trinajstić information content (AvgIpc) is 2.60. The molecule has 1 atom stereocenters. The van der Waals surface area contributed by atoms with Crippen molar-refractivity contribution in [3.8, 4) is 11.5 Å². The molecule has 0 aromatic heterocycles. The zero-order valence-corrected chi connectivity index (χ0v) is 17.4. The van der Waals surface area contributed by atoms with Gasteiger partial charge in [0, 0.05) is 6.61 Å². The molecular weight excluding hydrogens is 366 g/mol. The Bertz CT molecular complexity index is 746. The van der Waals surface area contributed by atoms with Crippen molar-refractivity contribution in [2.45, 2.75) is 13.8 Å². The van der Waals surface area contributed by atoms with Crippen LogP contribution in [0.1, 0.15) is 24.3 Å². The minimum absolute atomic E-state index is 0. The SMILES string of the molecule is CCOCCOc1ccc(PC(=O)c2c(Cl)cccc2OC)c(C)c1.[H-].[Li+]. The normalized spacial score (nSPS) is 10.6. The van der Waals surface area contributed by atoms with Gasteiger partial charge in [0.1, 0.15) is 18.1 Å². The van der Waals surface area contributed by atoms with Crippen molar-refractivity contribution in [2.75, 3.05) is 26.9 Å². The molecule has 0 heterocycles. The Balaban J connectivity index is 0.00000338. The average molecular weight is 389 g/mol. The molecule has 4 nitrogen and oxygen atoms in total. The minimum Gasteiger partial charge on any atom is -1.00 e. The molecule has 0 N–H and O–H groups in total. The fourth-order valence-corrected chi connectivity index (χ4v) is 3.70. The molecule has 0 radical (unpaired) electrons. The summed E-state index contributed by atoms with van der Waals surface area (Å²) in [4.78, 5) is 12.7. The van der Waals surface area contributed by atoms with Crippen molar-refractivity contribution >= 4 is 31.0 Å². The van der Waals surface area contributed by atoms with Crippen molar-refractivity contribution in [3.05, 3.63) is 52.5 Å². The third kappa shape index (κ3) is 6.30. The molecule has 2 rings (SSSR count). The van der Waals surface area contributed by atoms with E-state index in [1.54, 1.807) is 18.2 Å². The van der Waals surface area contributed by atoms with Gasteiger partial charge in [-0.3, -0.25) is 4.79 Å². The fraction of sp³-hybridized carbons (Fsp3) is 0.316. The first-order valence-corrected chi connectivity index (χ1v) is 9.39. The van der Waals surface area contributed by atoms with Crippen LogP contribution < -0.4 is 33.6 Å². The summed E-state index contributed by atoms with van der Waals surface area (Å²) in [6, 6.07) is 10.9. The summed E-state index contributed by atoms with van der Waals surface area (Å²) in [5.74, 6) is 1.27. The summed E-state index contributed by atoms with van der Waals surface area (Å²) in [7, 11) is 1.50. The molecule has 0 saturated carbocycles. The van der Waals surface area contributed by atoms with Gasteiger partial charge in [0.15, 0.2) is 5.52 Å². The first-order valence-electron chi connectivity index (χ1n) is 8.01. The third-order valence-electron chi connectivity index (χ3n) is 3.57. The van der Waals surface area contributed by atoms with Crippen LogP contribution in [0.3, 0.4) is 0 Å². The van der Waals surface area contributed by atoms with Crippen LogP contribution in [0.2, 0.25) is 5.02 Å². The smallest absolute Gasteiger partial charge is 1.00 e. The first kappa shape index (κ1) is 23.0. The predicted molar refractivity (Wildman–Crippen MR) is 105 cm³/mol. The maximum atomic E-state index is 12.7. The predicted octanol–water partition coefficient (Wildman–Crippen LogP) is 1.33. The Hall–Kier alpha value is -1.01. The number of benzene rings is 2. The van der Waals surface area contributed by atoms with Crippen molar-refractivity contribution in [1.82, 2.24) is 0 Å². The Morgan fingerprint density at radius 1 is 1.23 bits per heavy atom. The Kier molecular flexibility index (Phi) is 10.3. The Morgan fingerprint density at radius 2 is 2.00 bits per heavy atom. The van der Waals surface area contributed by atoms with Gasteiger partial charge < -0.3 is 15.6 Å². The van der Waals surface area contributed by atoms with Gasteiger partial charge >= 0.3 is 18.9 Å². The molecule has 0 aliphatic heterocycles. The minimum atomic E-state index is -0.0458. The summed E-state index contributed by atoms with van der Waals surface area (Å²) in [5, 5.41) is 1.37. The molecule has 1 unspecified atom stereocenters. The van der Waals surface area contributed by atoms with Crippen LogP contribution in [0.4, 0.5) is 0 Å². The number of carbonyl (C=O) groups excluding carboxylic acids is 1. The Labute approximate surface area is 175 Å². The van der Waals surface area contributed by atoms with E-state index in [4.69, 9.17) is 25.8 Å². The van der Waals surface area contributed by atoms with Crippen LogP contribution in [-0.2, 0) is 4.74 Å². The molecule has 136 valence electrons. The number of rotatable bonds is 9. The van der Waals surface area contributed by atoms with Gasteiger partial charge in [0.2, 0.25) is 0 Å². The number of halogens is 1. The van der Waals surface area contributed by atoms with Gasteiger partial charge in [-0.2, -0.15) is 0 Å². The molecule has 2 aromatic carbocycles. The maximum absolute atomic E-state index is 12.7. The van der Waals surface area contributed by atoms with Gasteiger partial charge in [-0.1, -0.05) is 23.7 Å². The molecule has 0 spiro atoms. The molecule has 26 heavy (non-hydrogen) atoms. The molecule has 0 aliphatic rings. The molecule has 0 amide bonds. The summed E-state index contributed by atoms with van der Waals surface area (Å²) in [6.07, 6.45) is 0. The van der Waals surface area contributed by atoms with Gasteiger partial charge in [0.05, 0.1) is 24.3 Å². The van der Waals surface area contributed by atoms with E-state index in [2.05, 4.69) is 0 Å². The second-order valence-electron chi connectivity index (χ2n) is 5.29. The molecule has 7 heteroatoms. The van der Waals surface area contributed by atoms with Crippen LogP contribution in [0.15, 0.2) is 36.4 Å². The van der Waals surface area contributed by atoms with E-state index in [0.717, 1.165) is 16.6 Å². The van der Waals surface area contributed by atoms with Crippen molar-refractivity contribution in [2.24, 2.45) is 0 Å². The van der Waals surface area contributed by atoms with E-state index in [1.807, 2.05) is 32.0 Å². The first-order chi connectivity index (χ1) is 12.1. The summed E-state index contributed by atoms with van der Waals surface area (Å²) in [5.41, 5.74) is 1.39. The van der Waals surface area contributed by atoms with E-state index < -0.39 is 0 Å². The topological polar surface area (TPSA) is 44.8 Å². The van der Waals surface area contributed by atoms with E-state index in [9.17, 15) is 4.79 Å². The molecular formula is C19H23ClLiO4P. The number of aryl methyl sites for hydroxylation is 1. The van der Waals surface area contributed by atoms with E-state index >= 15 is 0 Å². The summed E-state index contributed by atoms with van der Waals surface area (Å²) >= 11 is 6.19. The second-order valence-corrected chi connectivity index (χ2v) is 6.94. The number of hydrogen-bond donors (Lipinski definition) is 0. The summed E-state index contributed by atoms with van der Waals surface area (Å²) < 4.78 is 16.2. The monoisotopic (exact) mass is 388 g/mol. The number of ether oxygens (including phenoxy) is 3. The molecule has 0 fully saturated rings. The third-order valence-corrected chi connectivity index (χ3v) is 5.19. The zero-order chi connectivity index (χ0) is 18.2. The van der Waals surface area contributed by atoms with E-state index in [-0.39, 0.29) is 34.4 Å². The van der Waals surface area contributed by atoms with E-state index in [0.29, 0.717) is 36.2 Å². The quantitative estimate of drug-likeness (QED) is 0.369. The van der Waals surface area contributed by atoms with Crippen LogP contribution in [0, 0.1) is 6.92 Å². The summed E-state index contributed by atoms with van der Waals surface area (Å²) in [6.45, 7) is 5.66. The maximum Gasteiger partial charge on any atom is 1.00 e. The van der Waals surface area contributed by atoms with Gasteiger partial charge in [-0.15, -0.1) is 0 Å². The number of hydrogen-bond acceptors (Lipinski definition) is 4. The van der Waals surface area contributed by atoms with Crippen molar-refractivity contribution in [3.63, 3.8) is 0 Å². The molecule has 0 bridgehead atoms. The van der Waals surface area contributed by atoms with Gasteiger partial charge in [-0.05, 0) is 57.6 Å². The fourth-order valence-electron chi connectivity index (χ4n) is 2.31. The van der Waals surface area contributed by atoms with Crippen LogP contribution >= 0.6 is 20.2 Å².